The maximum Gasteiger partial charge on any atom is 0.338 e. The van der Waals surface area contributed by atoms with Crippen LogP contribution in [0.4, 0.5) is 11.4 Å². The third-order valence-electron chi connectivity index (χ3n) is 2.91. The zero-order chi connectivity index (χ0) is 14.9. The van der Waals surface area contributed by atoms with Gasteiger partial charge >= 0.3 is 11.9 Å². The summed E-state index contributed by atoms with van der Waals surface area (Å²) >= 11 is 0. The molecular weight excluding hydrogens is 260 g/mol. The van der Waals surface area contributed by atoms with Crippen LogP contribution in [0.2, 0.25) is 0 Å². The van der Waals surface area contributed by atoms with E-state index in [1.165, 1.54) is 30.3 Å². The highest BCUT2D eigenvalue weighted by molar-refractivity contribution is 6.04. The zero-order valence-corrected chi connectivity index (χ0v) is 10.3. The van der Waals surface area contributed by atoms with Crippen LogP contribution in [0.5, 0.6) is 0 Å². The van der Waals surface area contributed by atoms with E-state index >= 15 is 0 Å². The van der Waals surface area contributed by atoms with Crippen LogP contribution in [-0.2, 0) is 0 Å². The van der Waals surface area contributed by atoms with Crippen molar-refractivity contribution in [3.05, 3.63) is 47.5 Å². The summed E-state index contributed by atoms with van der Waals surface area (Å²) < 4.78 is 0. The van der Waals surface area contributed by atoms with Crippen LogP contribution in [0.3, 0.4) is 0 Å². The van der Waals surface area contributed by atoms with E-state index < -0.39 is 11.9 Å². The van der Waals surface area contributed by atoms with Crippen molar-refractivity contribution in [2.24, 2.45) is 0 Å². The number of carboxylic acids is 2. The van der Waals surface area contributed by atoms with E-state index in [9.17, 15) is 14.7 Å². The van der Waals surface area contributed by atoms with Gasteiger partial charge in [-0.1, -0.05) is 18.2 Å². The molecule has 0 aliphatic carbocycles. The second-order valence-corrected chi connectivity index (χ2v) is 4.18. The first kappa shape index (κ1) is 13.4. The highest BCUT2D eigenvalue weighted by Crippen LogP contribution is 2.32. The third kappa shape index (κ3) is 2.26. The van der Waals surface area contributed by atoms with Crippen molar-refractivity contribution in [1.82, 2.24) is 0 Å². The Balaban J connectivity index is 2.70. The molecule has 0 spiro atoms. The Morgan fingerprint density at radius 1 is 0.950 bits per heavy atom. The summed E-state index contributed by atoms with van der Waals surface area (Å²) in [7, 11) is 0. The van der Waals surface area contributed by atoms with E-state index in [-0.39, 0.29) is 22.5 Å². The van der Waals surface area contributed by atoms with Gasteiger partial charge < -0.3 is 21.7 Å². The van der Waals surface area contributed by atoms with E-state index in [1.807, 2.05) is 0 Å². The summed E-state index contributed by atoms with van der Waals surface area (Å²) in [5.41, 5.74) is 12.1. The van der Waals surface area contributed by atoms with Crippen molar-refractivity contribution in [3.8, 4) is 11.1 Å². The molecule has 102 valence electrons. The molecule has 0 aliphatic rings. The topological polar surface area (TPSA) is 127 Å². The van der Waals surface area contributed by atoms with Gasteiger partial charge in [-0.3, -0.25) is 0 Å². The van der Waals surface area contributed by atoms with Crippen LogP contribution in [0.1, 0.15) is 20.7 Å². The standard InChI is InChI=1S/C14H12N2O4/c15-10-5-4-9(11(12(10)16)14(19)20)7-2-1-3-8(6-7)13(17)18/h1-6H,15-16H2,(H,17,18)(H,19,20). The lowest BCUT2D eigenvalue weighted by Crippen LogP contribution is -2.08. The summed E-state index contributed by atoms with van der Waals surface area (Å²) in [6, 6.07) is 8.97. The molecular formula is C14H12N2O4. The molecule has 20 heavy (non-hydrogen) atoms. The van der Waals surface area contributed by atoms with Gasteiger partial charge in [-0.2, -0.15) is 0 Å². The van der Waals surface area contributed by atoms with Crippen LogP contribution in [0, 0.1) is 0 Å². The summed E-state index contributed by atoms with van der Waals surface area (Å²) in [5, 5.41) is 18.2. The second-order valence-electron chi connectivity index (χ2n) is 4.18. The molecule has 0 saturated carbocycles. The van der Waals surface area contributed by atoms with E-state index in [0.717, 1.165) is 0 Å². The van der Waals surface area contributed by atoms with Gasteiger partial charge in [0, 0.05) is 0 Å². The predicted octanol–water partition coefficient (Wildman–Crippen LogP) is 1.91. The van der Waals surface area contributed by atoms with Crippen molar-refractivity contribution in [3.63, 3.8) is 0 Å². The number of nitrogens with two attached hydrogens (primary N) is 2. The van der Waals surface area contributed by atoms with Crippen molar-refractivity contribution < 1.29 is 19.8 Å². The highest BCUT2D eigenvalue weighted by Gasteiger charge is 2.18. The van der Waals surface area contributed by atoms with Crippen LogP contribution in [0.15, 0.2) is 36.4 Å². The number of carboxylic acid groups (broad SMARTS) is 2. The molecule has 6 N–H and O–H groups in total. The molecule has 2 aromatic rings. The van der Waals surface area contributed by atoms with Crippen molar-refractivity contribution in [2.75, 3.05) is 11.5 Å². The molecule has 0 atom stereocenters. The minimum Gasteiger partial charge on any atom is -0.478 e. The number of carbonyl (C=O) groups is 2. The van der Waals surface area contributed by atoms with Gasteiger partial charge in [0.05, 0.1) is 22.5 Å². The Bertz CT molecular complexity index is 710. The first-order valence-electron chi connectivity index (χ1n) is 5.66. The number of anilines is 2. The fourth-order valence-corrected chi connectivity index (χ4v) is 1.93. The third-order valence-corrected chi connectivity index (χ3v) is 2.91. The van der Waals surface area contributed by atoms with Crippen molar-refractivity contribution >= 4 is 23.3 Å². The van der Waals surface area contributed by atoms with Gasteiger partial charge in [-0.25, -0.2) is 9.59 Å². The molecule has 2 rings (SSSR count). The minimum absolute atomic E-state index is 0.0317. The molecule has 0 saturated heterocycles. The first-order chi connectivity index (χ1) is 9.41. The van der Waals surface area contributed by atoms with E-state index in [4.69, 9.17) is 16.6 Å². The Kier molecular flexibility index (Phi) is 3.30. The predicted molar refractivity (Wildman–Crippen MR) is 74.6 cm³/mol. The molecule has 0 bridgehead atoms. The molecule has 0 aliphatic heterocycles. The molecule has 0 radical (unpaired) electrons. The molecule has 0 heterocycles. The van der Waals surface area contributed by atoms with Gasteiger partial charge in [-0.15, -0.1) is 0 Å². The molecule has 2 aromatic carbocycles. The minimum atomic E-state index is -1.22. The summed E-state index contributed by atoms with van der Waals surface area (Å²) in [5.74, 6) is -2.31. The number of nitrogen functional groups attached to an aromatic ring is 2. The monoisotopic (exact) mass is 272 g/mol. The lowest BCUT2D eigenvalue weighted by Gasteiger charge is -2.11. The Labute approximate surface area is 114 Å². The number of hydrogen-bond donors (Lipinski definition) is 4. The first-order valence-corrected chi connectivity index (χ1v) is 5.66. The van der Waals surface area contributed by atoms with E-state index in [0.29, 0.717) is 11.1 Å². The smallest absolute Gasteiger partial charge is 0.338 e. The number of benzene rings is 2. The largest absolute Gasteiger partial charge is 0.478 e. The summed E-state index contributed by atoms with van der Waals surface area (Å²) in [6.07, 6.45) is 0. The Hall–Kier alpha value is -3.02. The average Bonchev–Trinajstić information content (AvgIpc) is 2.41. The van der Waals surface area contributed by atoms with Crippen molar-refractivity contribution in [1.29, 1.82) is 0 Å². The zero-order valence-electron chi connectivity index (χ0n) is 10.3. The lowest BCUT2D eigenvalue weighted by atomic mass is 9.96. The van der Waals surface area contributed by atoms with E-state index in [1.54, 1.807) is 6.07 Å². The van der Waals surface area contributed by atoms with Crippen LogP contribution in [0.25, 0.3) is 11.1 Å². The molecule has 0 unspecified atom stereocenters. The molecule has 0 aromatic heterocycles. The van der Waals surface area contributed by atoms with Gasteiger partial charge in [0.25, 0.3) is 0 Å². The molecule has 0 amide bonds. The highest BCUT2D eigenvalue weighted by atomic mass is 16.4. The average molecular weight is 272 g/mol. The van der Waals surface area contributed by atoms with E-state index in [2.05, 4.69) is 0 Å². The van der Waals surface area contributed by atoms with Crippen LogP contribution < -0.4 is 11.5 Å². The summed E-state index contributed by atoms with van der Waals surface area (Å²) in [6.45, 7) is 0. The summed E-state index contributed by atoms with van der Waals surface area (Å²) in [4.78, 5) is 22.3. The maximum absolute atomic E-state index is 11.3. The second kappa shape index (κ2) is 4.93. The van der Waals surface area contributed by atoms with Crippen LogP contribution in [-0.4, -0.2) is 22.2 Å². The fourth-order valence-electron chi connectivity index (χ4n) is 1.93. The van der Waals surface area contributed by atoms with Gasteiger partial charge in [0.2, 0.25) is 0 Å². The number of aromatic carboxylic acids is 2. The van der Waals surface area contributed by atoms with Gasteiger partial charge in [0.15, 0.2) is 0 Å². The van der Waals surface area contributed by atoms with Gasteiger partial charge in [-0.05, 0) is 29.3 Å². The SMILES string of the molecule is Nc1ccc(-c2cccc(C(=O)O)c2)c(C(=O)O)c1N. The Morgan fingerprint density at radius 2 is 1.65 bits per heavy atom. The van der Waals surface area contributed by atoms with Crippen LogP contribution >= 0.6 is 0 Å². The Morgan fingerprint density at radius 3 is 2.25 bits per heavy atom. The molecule has 0 fully saturated rings. The number of hydrogen-bond acceptors (Lipinski definition) is 4. The number of rotatable bonds is 3. The maximum atomic E-state index is 11.3. The van der Waals surface area contributed by atoms with Gasteiger partial charge in [0.1, 0.15) is 0 Å². The lowest BCUT2D eigenvalue weighted by molar-refractivity contribution is 0.0687. The van der Waals surface area contributed by atoms with Crippen molar-refractivity contribution in [2.45, 2.75) is 0 Å². The normalized spacial score (nSPS) is 10.2. The molecule has 6 heteroatoms. The molecule has 6 nitrogen and oxygen atoms in total. The quantitative estimate of drug-likeness (QED) is 0.632. The fraction of sp³-hybridized carbons (Fsp3) is 0.